The average molecular weight is 272 g/mol. The predicted molar refractivity (Wildman–Crippen MR) is 66.1 cm³/mol. The van der Waals surface area contributed by atoms with Crippen LogP contribution in [-0.4, -0.2) is 5.97 Å². The molecule has 1 aromatic heterocycles. The molecule has 0 aliphatic rings. The largest absolute Gasteiger partial charge is 1.00 e. The fraction of sp³-hybridized carbons (Fsp3) is 0.571. The summed E-state index contributed by atoms with van der Waals surface area (Å²) >= 11 is 0. The minimum absolute atomic E-state index is 0. The zero-order valence-electron chi connectivity index (χ0n) is 11.0. The minimum atomic E-state index is -0.0992. The van der Waals surface area contributed by atoms with E-state index in [1.807, 2.05) is 35.2 Å². The minimum Gasteiger partial charge on any atom is -1.00 e. The van der Waals surface area contributed by atoms with Gasteiger partial charge in [-0.3, -0.25) is 4.79 Å². The fourth-order valence-corrected chi connectivity index (χ4v) is 1.61. The third kappa shape index (κ3) is 8.07. The smallest absolute Gasteiger partial charge is 0.310 e. The van der Waals surface area contributed by atoms with Crippen molar-refractivity contribution in [3.05, 3.63) is 30.6 Å². The SMILES string of the molecule is CCCCCCCC(=O)OC[n+]1ccccc1.[Cl-]. The van der Waals surface area contributed by atoms with Gasteiger partial charge in [-0.05, 0) is 6.42 Å². The number of ether oxygens (including phenoxy) is 1. The van der Waals surface area contributed by atoms with Crippen molar-refractivity contribution in [2.45, 2.75) is 52.2 Å². The molecule has 0 fully saturated rings. The lowest BCUT2D eigenvalue weighted by Crippen LogP contribution is -3.00. The van der Waals surface area contributed by atoms with Gasteiger partial charge in [0, 0.05) is 18.6 Å². The van der Waals surface area contributed by atoms with Crippen LogP contribution in [0.25, 0.3) is 0 Å². The molecule has 0 aliphatic heterocycles. The maximum Gasteiger partial charge on any atom is 0.310 e. The number of carbonyl (C=O) groups excluding carboxylic acids is 1. The maximum atomic E-state index is 11.4. The van der Waals surface area contributed by atoms with E-state index in [0.29, 0.717) is 13.2 Å². The second kappa shape index (κ2) is 11.0. The Morgan fingerprint density at radius 1 is 1.06 bits per heavy atom. The highest BCUT2D eigenvalue weighted by Gasteiger charge is 2.05. The lowest BCUT2D eigenvalue weighted by molar-refractivity contribution is -0.727. The highest BCUT2D eigenvalue weighted by atomic mass is 35.5. The molecule has 0 N–H and O–H groups in total. The van der Waals surface area contributed by atoms with Gasteiger partial charge >= 0.3 is 5.97 Å². The summed E-state index contributed by atoms with van der Waals surface area (Å²) in [5.74, 6) is -0.0992. The molecule has 1 heterocycles. The summed E-state index contributed by atoms with van der Waals surface area (Å²) in [6.45, 7) is 2.50. The van der Waals surface area contributed by atoms with Crippen LogP contribution in [0.1, 0.15) is 45.4 Å². The van der Waals surface area contributed by atoms with Crippen molar-refractivity contribution in [1.29, 1.82) is 0 Å². The summed E-state index contributed by atoms with van der Waals surface area (Å²) in [5, 5.41) is 0. The first-order valence-corrected chi connectivity index (χ1v) is 6.42. The monoisotopic (exact) mass is 271 g/mol. The molecule has 0 unspecified atom stereocenters. The van der Waals surface area contributed by atoms with Crippen LogP contribution in [0.15, 0.2) is 30.6 Å². The highest BCUT2D eigenvalue weighted by molar-refractivity contribution is 5.68. The van der Waals surface area contributed by atoms with E-state index in [-0.39, 0.29) is 18.4 Å². The molecule has 0 aliphatic carbocycles. The van der Waals surface area contributed by atoms with Crippen LogP contribution in [0.4, 0.5) is 0 Å². The molecule has 4 heteroatoms. The van der Waals surface area contributed by atoms with Gasteiger partial charge in [-0.2, -0.15) is 4.57 Å². The van der Waals surface area contributed by atoms with Crippen molar-refractivity contribution in [2.75, 3.05) is 0 Å². The zero-order valence-corrected chi connectivity index (χ0v) is 11.7. The van der Waals surface area contributed by atoms with Crippen molar-refractivity contribution in [3.8, 4) is 0 Å². The Kier molecular flexibility index (Phi) is 10.4. The standard InChI is InChI=1S/C14H22NO2.ClH/c1-2-3-4-5-7-10-14(16)17-13-15-11-8-6-9-12-15;/h6,8-9,11-12H,2-5,7,10,13H2,1H3;1H/q+1;/p-1. The quantitative estimate of drug-likeness (QED) is 0.374. The Balaban J connectivity index is 0.00000289. The van der Waals surface area contributed by atoms with E-state index >= 15 is 0 Å². The summed E-state index contributed by atoms with van der Waals surface area (Å²) in [5.41, 5.74) is 0. The Morgan fingerprint density at radius 3 is 2.39 bits per heavy atom. The van der Waals surface area contributed by atoms with Gasteiger partial charge in [-0.1, -0.05) is 38.7 Å². The van der Waals surface area contributed by atoms with Crippen molar-refractivity contribution in [3.63, 3.8) is 0 Å². The molecule has 0 radical (unpaired) electrons. The van der Waals surface area contributed by atoms with E-state index in [0.717, 1.165) is 12.8 Å². The Morgan fingerprint density at radius 2 is 1.72 bits per heavy atom. The molecule has 18 heavy (non-hydrogen) atoms. The summed E-state index contributed by atoms with van der Waals surface area (Å²) in [6.07, 6.45) is 10.1. The van der Waals surface area contributed by atoms with Crippen molar-refractivity contribution < 1.29 is 26.5 Å². The van der Waals surface area contributed by atoms with Gasteiger partial charge in [0.05, 0.1) is 0 Å². The maximum absolute atomic E-state index is 11.4. The van der Waals surface area contributed by atoms with Crippen LogP contribution < -0.4 is 17.0 Å². The zero-order chi connectivity index (χ0) is 12.3. The lowest BCUT2D eigenvalue weighted by atomic mass is 10.1. The van der Waals surface area contributed by atoms with E-state index < -0.39 is 0 Å². The molecule has 0 aromatic carbocycles. The second-order valence-electron chi connectivity index (χ2n) is 4.20. The normalized spacial score (nSPS) is 9.61. The first-order chi connectivity index (χ1) is 8.33. The third-order valence-electron chi connectivity index (χ3n) is 2.64. The van der Waals surface area contributed by atoms with Gasteiger partial charge in [0.2, 0.25) is 0 Å². The first-order valence-electron chi connectivity index (χ1n) is 6.42. The van der Waals surface area contributed by atoms with Crippen LogP contribution in [0.3, 0.4) is 0 Å². The van der Waals surface area contributed by atoms with Gasteiger partial charge in [-0.15, -0.1) is 0 Å². The van der Waals surface area contributed by atoms with Crippen molar-refractivity contribution in [2.24, 2.45) is 0 Å². The number of pyridine rings is 1. The van der Waals surface area contributed by atoms with Crippen LogP contribution in [0.5, 0.6) is 0 Å². The molecule has 0 amide bonds. The van der Waals surface area contributed by atoms with Gasteiger partial charge in [0.1, 0.15) is 0 Å². The topological polar surface area (TPSA) is 30.2 Å². The molecule has 0 saturated heterocycles. The van der Waals surface area contributed by atoms with E-state index in [2.05, 4.69) is 6.92 Å². The van der Waals surface area contributed by atoms with Crippen LogP contribution in [0, 0.1) is 0 Å². The average Bonchev–Trinajstić information content (AvgIpc) is 2.37. The molecule has 0 spiro atoms. The number of unbranched alkanes of at least 4 members (excludes halogenated alkanes) is 4. The van der Waals surface area contributed by atoms with Crippen LogP contribution >= 0.6 is 0 Å². The summed E-state index contributed by atoms with van der Waals surface area (Å²) in [7, 11) is 0. The number of hydrogen-bond acceptors (Lipinski definition) is 2. The van der Waals surface area contributed by atoms with Gasteiger partial charge in [0.15, 0.2) is 12.4 Å². The number of carbonyl (C=O) groups is 1. The third-order valence-corrected chi connectivity index (χ3v) is 2.64. The van der Waals surface area contributed by atoms with Crippen LogP contribution in [0.2, 0.25) is 0 Å². The number of nitrogens with zero attached hydrogens (tertiary/aromatic N) is 1. The van der Waals surface area contributed by atoms with Crippen LogP contribution in [-0.2, 0) is 16.3 Å². The number of aromatic nitrogens is 1. The molecular formula is C14H22ClNO2. The molecular weight excluding hydrogens is 250 g/mol. The Labute approximate surface area is 116 Å². The molecule has 1 aromatic rings. The van der Waals surface area contributed by atoms with E-state index in [1.165, 1.54) is 19.3 Å². The summed E-state index contributed by atoms with van der Waals surface area (Å²) < 4.78 is 7.00. The van der Waals surface area contributed by atoms with E-state index in [4.69, 9.17) is 4.74 Å². The summed E-state index contributed by atoms with van der Waals surface area (Å²) in [4.78, 5) is 11.4. The highest BCUT2D eigenvalue weighted by Crippen LogP contribution is 2.05. The van der Waals surface area contributed by atoms with Crippen molar-refractivity contribution >= 4 is 5.97 Å². The molecule has 3 nitrogen and oxygen atoms in total. The lowest BCUT2D eigenvalue weighted by Gasteiger charge is -2.01. The second-order valence-corrected chi connectivity index (χ2v) is 4.20. The Bertz CT molecular complexity index is 317. The van der Waals surface area contributed by atoms with Gasteiger partial charge in [0.25, 0.3) is 6.73 Å². The van der Waals surface area contributed by atoms with Crippen molar-refractivity contribution in [1.82, 2.24) is 0 Å². The number of halogens is 1. The Hall–Kier alpha value is -1.09. The molecule has 0 bridgehead atoms. The van der Waals surface area contributed by atoms with Gasteiger partial charge < -0.3 is 17.1 Å². The fourth-order valence-electron chi connectivity index (χ4n) is 1.61. The molecule has 102 valence electrons. The first kappa shape index (κ1) is 16.9. The van der Waals surface area contributed by atoms with Gasteiger partial charge in [-0.25, -0.2) is 0 Å². The number of esters is 1. The molecule has 0 atom stereocenters. The molecule has 1 rings (SSSR count). The number of hydrogen-bond donors (Lipinski definition) is 0. The van der Waals surface area contributed by atoms with E-state index in [1.54, 1.807) is 0 Å². The summed E-state index contributed by atoms with van der Waals surface area (Å²) in [6, 6.07) is 5.77. The number of rotatable bonds is 8. The predicted octanol–water partition coefficient (Wildman–Crippen LogP) is -0.161. The van der Waals surface area contributed by atoms with E-state index in [9.17, 15) is 4.79 Å². The molecule has 0 saturated carbocycles.